The molecule has 2 amide bonds. The highest BCUT2D eigenvalue weighted by molar-refractivity contribution is 7.14. The maximum atomic E-state index is 12.5. The maximum absolute atomic E-state index is 12.5. The summed E-state index contributed by atoms with van der Waals surface area (Å²) >= 11 is 1.31. The van der Waals surface area contributed by atoms with Crippen molar-refractivity contribution in [3.8, 4) is 0 Å². The zero-order chi connectivity index (χ0) is 21.7. The summed E-state index contributed by atoms with van der Waals surface area (Å²) in [7, 11) is 0. The molecule has 164 valence electrons. The number of hydrogen-bond acceptors (Lipinski definition) is 6. The molecular weight excluding hydrogens is 412 g/mol. The van der Waals surface area contributed by atoms with Crippen LogP contribution in [0.2, 0.25) is 0 Å². The predicted molar refractivity (Wildman–Crippen MR) is 108 cm³/mol. The first-order chi connectivity index (χ1) is 14.4. The van der Waals surface area contributed by atoms with Gasteiger partial charge in [-0.25, -0.2) is 4.79 Å². The summed E-state index contributed by atoms with van der Waals surface area (Å²) in [4.78, 5) is 48.9. The monoisotopic (exact) mass is 438 g/mol. The summed E-state index contributed by atoms with van der Waals surface area (Å²) in [6.45, 7) is 2.82. The number of carboxylic acid groups (broad SMARTS) is 2. The lowest BCUT2D eigenvalue weighted by Crippen LogP contribution is -2.48. The van der Waals surface area contributed by atoms with Gasteiger partial charge in [0.25, 0.3) is 6.47 Å². The van der Waals surface area contributed by atoms with Gasteiger partial charge in [-0.1, -0.05) is 0 Å². The highest BCUT2D eigenvalue weighted by Crippen LogP contribution is 2.45. The number of fused-ring (bicyclic) bond motifs is 2. The van der Waals surface area contributed by atoms with Crippen molar-refractivity contribution < 1.29 is 34.1 Å². The van der Waals surface area contributed by atoms with Crippen LogP contribution in [0.1, 0.15) is 52.2 Å². The average Bonchev–Trinajstić information content (AvgIpc) is 3.35. The molecule has 1 spiro atoms. The van der Waals surface area contributed by atoms with Crippen LogP contribution in [-0.2, 0) is 31.1 Å². The largest absolute Gasteiger partial charge is 0.483 e. The summed E-state index contributed by atoms with van der Waals surface area (Å²) in [5.41, 5.74) is 0.629. The third kappa shape index (κ3) is 4.65. The van der Waals surface area contributed by atoms with Gasteiger partial charge in [-0.15, -0.1) is 11.3 Å². The molecule has 0 aromatic carbocycles. The Morgan fingerprint density at radius 2 is 1.93 bits per heavy atom. The fourth-order valence-corrected chi connectivity index (χ4v) is 5.59. The van der Waals surface area contributed by atoms with Gasteiger partial charge in [-0.05, 0) is 37.3 Å². The summed E-state index contributed by atoms with van der Waals surface area (Å²) in [5.74, 6) is -0.665. The normalized spacial score (nSPS) is 19.8. The number of ether oxygens (including phenoxy) is 1. The number of nitrogens with zero attached hydrogens (tertiary/aromatic N) is 2. The fourth-order valence-electron chi connectivity index (χ4n) is 4.35. The molecule has 3 aliphatic heterocycles. The first-order valence-corrected chi connectivity index (χ1v) is 10.9. The Morgan fingerprint density at radius 3 is 2.53 bits per heavy atom. The third-order valence-electron chi connectivity index (χ3n) is 5.87. The molecule has 4 rings (SSSR count). The van der Waals surface area contributed by atoms with Crippen LogP contribution in [0.4, 0.5) is 0 Å². The van der Waals surface area contributed by atoms with E-state index in [-0.39, 0.29) is 18.3 Å². The van der Waals surface area contributed by atoms with E-state index in [4.69, 9.17) is 14.6 Å². The van der Waals surface area contributed by atoms with Crippen molar-refractivity contribution >= 4 is 35.6 Å². The molecule has 2 fully saturated rings. The van der Waals surface area contributed by atoms with E-state index in [2.05, 4.69) is 0 Å². The zero-order valence-electron chi connectivity index (χ0n) is 16.7. The number of amides is 2. The third-order valence-corrected chi connectivity index (χ3v) is 7.22. The fraction of sp³-hybridized carbons (Fsp3) is 0.600. The molecule has 4 heterocycles. The van der Waals surface area contributed by atoms with Crippen LogP contribution in [0.3, 0.4) is 0 Å². The van der Waals surface area contributed by atoms with Crippen molar-refractivity contribution in [1.29, 1.82) is 0 Å². The summed E-state index contributed by atoms with van der Waals surface area (Å²) in [5, 5.41) is 16.2. The van der Waals surface area contributed by atoms with Crippen molar-refractivity contribution in [3.05, 3.63) is 21.4 Å². The Kier molecular flexibility index (Phi) is 7.09. The van der Waals surface area contributed by atoms with Crippen molar-refractivity contribution in [2.24, 2.45) is 0 Å². The van der Waals surface area contributed by atoms with E-state index in [9.17, 15) is 19.5 Å². The lowest BCUT2D eigenvalue weighted by Gasteiger charge is -2.43. The van der Waals surface area contributed by atoms with Crippen molar-refractivity contribution in [3.63, 3.8) is 0 Å². The van der Waals surface area contributed by atoms with Gasteiger partial charge in [0.2, 0.25) is 11.8 Å². The van der Waals surface area contributed by atoms with Gasteiger partial charge in [0, 0.05) is 43.9 Å². The standard InChI is InChI=1S/C19H24N2O5S.CH2O2/c22-15-2-1-7-20(15)8-3-16(23)21-9-5-19(6-10-21)17-13(4-11-26-19)12-14(27-17)18(24)25;2-1-3/h12H,1-11H2,(H,24,25);1H,(H,2,3). The molecule has 10 heteroatoms. The zero-order valence-corrected chi connectivity index (χ0v) is 17.5. The SMILES string of the molecule is O=C(O)c1cc2c(s1)C1(CCN(C(=O)CCN3CCCC3=O)CC1)OCC2.O=CO. The van der Waals surface area contributed by atoms with Crippen molar-refractivity contribution in [2.75, 3.05) is 32.8 Å². The number of thiophene rings is 1. The molecule has 0 radical (unpaired) electrons. The minimum Gasteiger partial charge on any atom is -0.483 e. The highest BCUT2D eigenvalue weighted by atomic mass is 32.1. The number of carbonyl (C=O) groups excluding carboxylic acids is 2. The van der Waals surface area contributed by atoms with E-state index < -0.39 is 11.6 Å². The molecule has 0 unspecified atom stereocenters. The molecule has 1 aromatic heterocycles. The Morgan fingerprint density at radius 1 is 1.23 bits per heavy atom. The molecular formula is C20H26N2O7S. The molecule has 30 heavy (non-hydrogen) atoms. The molecule has 1 aromatic rings. The van der Waals surface area contributed by atoms with Crippen molar-refractivity contribution in [1.82, 2.24) is 9.80 Å². The van der Waals surface area contributed by atoms with E-state index in [0.717, 1.165) is 29.8 Å². The number of carboxylic acids is 1. The van der Waals surface area contributed by atoms with Gasteiger partial charge in [0.05, 0.1) is 6.61 Å². The number of carbonyl (C=O) groups is 4. The lowest BCUT2D eigenvalue weighted by atomic mass is 9.85. The quantitative estimate of drug-likeness (QED) is 0.684. The van der Waals surface area contributed by atoms with Crippen LogP contribution in [0.25, 0.3) is 0 Å². The smallest absolute Gasteiger partial charge is 0.345 e. The molecule has 0 bridgehead atoms. The molecule has 0 atom stereocenters. The first-order valence-electron chi connectivity index (χ1n) is 10.0. The van der Waals surface area contributed by atoms with Crippen molar-refractivity contribution in [2.45, 2.75) is 44.1 Å². The van der Waals surface area contributed by atoms with E-state index in [1.807, 2.05) is 4.90 Å². The second kappa shape index (κ2) is 9.57. The van der Waals surface area contributed by atoms with E-state index in [1.165, 1.54) is 11.3 Å². The Balaban J connectivity index is 0.000000806. The maximum Gasteiger partial charge on any atom is 0.345 e. The highest BCUT2D eigenvalue weighted by Gasteiger charge is 2.43. The Bertz CT molecular complexity index is 814. The van der Waals surface area contributed by atoms with Gasteiger partial charge < -0.3 is 24.7 Å². The van der Waals surface area contributed by atoms with E-state index in [0.29, 0.717) is 56.8 Å². The van der Waals surface area contributed by atoms with Crippen LogP contribution < -0.4 is 0 Å². The predicted octanol–water partition coefficient (Wildman–Crippen LogP) is 1.55. The van der Waals surface area contributed by atoms with E-state index in [1.54, 1.807) is 11.0 Å². The molecule has 2 saturated heterocycles. The number of hydrogen-bond donors (Lipinski definition) is 2. The topological polar surface area (TPSA) is 124 Å². The van der Waals surface area contributed by atoms with Gasteiger partial charge in [0.15, 0.2) is 0 Å². The molecule has 9 nitrogen and oxygen atoms in total. The first kappa shape index (κ1) is 22.2. The van der Waals surface area contributed by atoms with E-state index >= 15 is 0 Å². The minimum absolute atomic E-state index is 0.0815. The summed E-state index contributed by atoms with van der Waals surface area (Å²) in [6.07, 6.45) is 3.97. The van der Waals surface area contributed by atoms with Crippen LogP contribution in [-0.4, -0.2) is 77.1 Å². The number of aromatic carboxylic acids is 1. The number of likely N-dealkylation sites (tertiary alicyclic amines) is 2. The van der Waals surface area contributed by atoms with Crippen LogP contribution in [0, 0.1) is 0 Å². The molecule has 0 saturated carbocycles. The van der Waals surface area contributed by atoms with Gasteiger partial charge in [-0.3, -0.25) is 14.4 Å². The van der Waals surface area contributed by atoms with Crippen LogP contribution in [0.15, 0.2) is 6.07 Å². The molecule has 2 N–H and O–H groups in total. The van der Waals surface area contributed by atoms with Gasteiger partial charge >= 0.3 is 5.97 Å². The van der Waals surface area contributed by atoms with Crippen LogP contribution >= 0.6 is 11.3 Å². The van der Waals surface area contributed by atoms with Gasteiger partial charge in [0.1, 0.15) is 10.5 Å². The Hall–Kier alpha value is -2.46. The summed E-state index contributed by atoms with van der Waals surface area (Å²) < 4.78 is 6.14. The van der Waals surface area contributed by atoms with Gasteiger partial charge in [-0.2, -0.15) is 0 Å². The Labute approximate surface area is 178 Å². The molecule has 0 aliphatic carbocycles. The number of rotatable bonds is 4. The summed E-state index contributed by atoms with van der Waals surface area (Å²) in [6, 6.07) is 1.77. The second-order valence-electron chi connectivity index (χ2n) is 7.58. The second-order valence-corrected chi connectivity index (χ2v) is 8.64. The van der Waals surface area contributed by atoms with Crippen LogP contribution in [0.5, 0.6) is 0 Å². The lowest BCUT2D eigenvalue weighted by molar-refractivity contribution is -0.141. The average molecular weight is 439 g/mol. The molecule has 3 aliphatic rings. The minimum atomic E-state index is -0.895. The number of piperidine rings is 1.